The van der Waals surface area contributed by atoms with Gasteiger partial charge >= 0.3 is 11.9 Å². The van der Waals surface area contributed by atoms with E-state index in [1.165, 1.54) is 0 Å². The molecule has 0 aliphatic heterocycles. The number of carbonyl (C=O) groups excluding carboxylic acids is 1. The number of hydrogen-bond donors (Lipinski definition) is 2. The minimum Gasteiger partial charge on any atom is -0.481 e. The van der Waals surface area contributed by atoms with Crippen molar-refractivity contribution < 1.29 is 26.0 Å². The monoisotopic (exact) mass is 147 g/mol. The van der Waals surface area contributed by atoms with Crippen molar-refractivity contribution in [1.29, 1.82) is 0 Å². The molecule has 1 unspecified atom stereocenters. The van der Waals surface area contributed by atoms with Crippen molar-refractivity contribution in [3.05, 3.63) is 0 Å². The minimum atomic E-state index is -1.77. The molecule has 0 aromatic rings. The first-order valence-corrected chi connectivity index (χ1v) is 2.36. The fraction of sp³-hybridized carbons (Fsp3) is 0.400. The van der Waals surface area contributed by atoms with Crippen molar-refractivity contribution in [2.75, 3.05) is 0 Å². The average molecular weight is 147 g/mol. The van der Waals surface area contributed by atoms with Crippen LogP contribution in [0.3, 0.4) is 0 Å². The molecule has 0 amide bonds. The average Bonchev–Trinajstić information content (AvgIpc) is 1.84. The molecule has 1 atom stereocenters. The van der Waals surface area contributed by atoms with Gasteiger partial charge in [0.15, 0.2) is 0 Å². The molecular weight excluding hydrogens is 140 g/mol. The predicted octanol–water partition coefficient (Wildman–Crippen LogP) is -0.495. The van der Waals surface area contributed by atoms with E-state index in [4.69, 9.17) is 11.6 Å². The lowest BCUT2D eigenvalue weighted by Crippen LogP contribution is -2.13. The van der Waals surface area contributed by atoms with Crippen LogP contribution >= 0.6 is 0 Å². The first kappa shape index (κ1) is 6.73. The largest absolute Gasteiger partial charge is 0.481 e. The molecule has 0 aromatic heterocycles. The lowest BCUT2D eigenvalue weighted by Gasteiger charge is -1.88. The van der Waals surface area contributed by atoms with Crippen LogP contribution < -0.4 is 0 Å². The van der Waals surface area contributed by atoms with E-state index in [1.807, 2.05) is 0 Å². The third kappa shape index (κ3) is 3.59. The second kappa shape index (κ2) is 3.60. The first-order valence-electron chi connectivity index (χ1n) is 2.94. The molecule has 2 N–H and O–H groups in total. The Morgan fingerprint density at radius 1 is 1.30 bits per heavy atom. The van der Waals surface area contributed by atoms with Gasteiger partial charge < -0.3 is 10.2 Å². The molecule has 0 bridgehead atoms. The second-order valence-electron chi connectivity index (χ2n) is 1.47. The van der Waals surface area contributed by atoms with Crippen LogP contribution in [0.5, 0.6) is 0 Å². The number of carboxylic acids is 2. The van der Waals surface area contributed by atoms with Gasteiger partial charge in [-0.2, -0.15) is 0 Å². The van der Waals surface area contributed by atoms with Gasteiger partial charge in [0.05, 0.1) is 6.42 Å². The van der Waals surface area contributed by atoms with E-state index in [1.54, 1.807) is 0 Å². The summed E-state index contributed by atoms with van der Waals surface area (Å²) in [7, 11) is 0. The van der Waals surface area contributed by atoms with Crippen molar-refractivity contribution >= 4 is 17.7 Å². The summed E-state index contributed by atoms with van der Waals surface area (Å²) in [4.78, 5) is 30.1. The van der Waals surface area contributed by atoms with Gasteiger partial charge in [-0.1, -0.05) is 0 Å². The Morgan fingerprint density at radius 3 is 2.10 bits per heavy atom. The maximum atomic E-state index is 10.3. The molecule has 0 aliphatic rings. The fourth-order valence-corrected chi connectivity index (χ4v) is 0.267. The van der Waals surface area contributed by atoms with Crippen LogP contribution in [0.4, 0.5) is 0 Å². The summed E-state index contributed by atoms with van der Waals surface area (Å²) < 4.78 is 6.73. The van der Waals surface area contributed by atoms with Crippen LogP contribution in [0.2, 0.25) is 0 Å². The van der Waals surface area contributed by atoms with E-state index in [0.29, 0.717) is 0 Å². The Morgan fingerprint density at radius 2 is 1.80 bits per heavy atom. The van der Waals surface area contributed by atoms with Crippen molar-refractivity contribution in [2.45, 2.75) is 12.8 Å². The smallest absolute Gasteiger partial charge is 0.372 e. The highest BCUT2D eigenvalue weighted by Crippen LogP contribution is 1.89. The van der Waals surface area contributed by atoms with Gasteiger partial charge in [0.1, 0.15) is 0 Å². The highest BCUT2D eigenvalue weighted by atomic mass is 16.4. The molecule has 5 heteroatoms. The molecule has 10 heavy (non-hydrogen) atoms. The molecule has 0 spiro atoms. The zero-order valence-electron chi connectivity index (χ0n) is 5.90. The summed E-state index contributed by atoms with van der Waals surface area (Å²) in [5, 5.41) is 16.1. The number of aliphatic carboxylic acids is 2. The second-order valence-corrected chi connectivity index (χ2v) is 1.47. The van der Waals surface area contributed by atoms with Crippen molar-refractivity contribution in [3.8, 4) is 0 Å². The molecule has 0 aliphatic carbocycles. The third-order valence-corrected chi connectivity index (χ3v) is 0.673. The van der Waals surface area contributed by atoms with E-state index in [9.17, 15) is 14.4 Å². The SMILES string of the molecule is [2H]C(CC(=O)O)C(=O)C(=O)O. The highest BCUT2D eigenvalue weighted by molar-refractivity contribution is 6.32. The van der Waals surface area contributed by atoms with E-state index < -0.39 is 30.5 Å². The van der Waals surface area contributed by atoms with Gasteiger partial charge in [-0.3, -0.25) is 9.59 Å². The van der Waals surface area contributed by atoms with Crippen molar-refractivity contribution in [1.82, 2.24) is 0 Å². The Balaban J connectivity index is 4.03. The molecule has 0 rings (SSSR count). The quantitative estimate of drug-likeness (QED) is 0.523. The maximum Gasteiger partial charge on any atom is 0.372 e. The minimum absolute atomic E-state index is 0.773. The summed E-state index contributed by atoms with van der Waals surface area (Å²) in [6.45, 7) is 0. The fourth-order valence-electron chi connectivity index (χ4n) is 0.267. The molecule has 56 valence electrons. The lowest BCUT2D eigenvalue weighted by atomic mass is 10.2. The number of carbonyl (C=O) groups is 3. The third-order valence-electron chi connectivity index (χ3n) is 0.673. The van der Waals surface area contributed by atoms with Crippen LogP contribution in [0.15, 0.2) is 0 Å². The summed E-state index contributed by atoms with van der Waals surface area (Å²) >= 11 is 0. The number of ketones is 1. The van der Waals surface area contributed by atoms with Gasteiger partial charge in [-0.25, -0.2) is 4.79 Å². The molecule has 0 heterocycles. The van der Waals surface area contributed by atoms with Gasteiger partial charge in [0, 0.05) is 7.77 Å². The normalized spacial score (nSPS) is 13.4. The van der Waals surface area contributed by atoms with Crippen LogP contribution in [-0.2, 0) is 14.4 Å². The molecule has 0 saturated carbocycles. The van der Waals surface area contributed by atoms with Crippen LogP contribution in [0.1, 0.15) is 14.2 Å². The first-order chi connectivity index (χ1) is 4.95. The summed E-state index contributed by atoms with van der Waals surface area (Å²) in [6.07, 6.45) is -2.48. The summed E-state index contributed by atoms with van der Waals surface area (Å²) in [5.41, 5.74) is 0. The van der Waals surface area contributed by atoms with Crippen molar-refractivity contribution in [2.24, 2.45) is 0 Å². The van der Waals surface area contributed by atoms with E-state index >= 15 is 0 Å². The van der Waals surface area contributed by atoms with Crippen LogP contribution in [0.25, 0.3) is 0 Å². The molecule has 0 fully saturated rings. The van der Waals surface area contributed by atoms with E-state index in [-0.39, 0.29) is 0 Å². The number of hydrogen-bond acceptors (Lipinski definition) is 3. The molecule has 0 radical (unpaired) electrons. The molecule has 0 aromatic carbocycles. The van der Waals surface area contributed by atoms with Crippen molar-refractivity contribution in [3.63, 3.8) is 0 Å². The van der Waals surface area contributed by atoms with Crippen LogP contribution in [0, 0.1) is 0 Å². The van der Waals surface area contributed by atoms with Gasteiger partial charge in [0.2, 0.25) is 5.78 Å². The number of Topliss-reactive ketones (excluding diaryl/α,β-unsaturated/α-hetero) is 1. The van der Waals surface area contributed by atoms with Gasteiger partial charge in [0.25, 0.3) is 0 Å². The Bertz CT molecular complexity index is 199. The zero-order valence-corrected chi connectivity index (χ0v) is 4.90. The summed E-state index contributed by atoms with van der Waals surface area (Å²) in [6, 6.07) is 0. The Hall–Kier alpha value is -1.39. The standard InChI is InChI=1S/C5H6O5/c6-3(5(9)10)1-2-4(7)8/h1-2H2,(H,7,8)(H,9,10)/i1D. The topological polar surface area (TPSA) is 91.7 Å². The highest BCUT2D eigenvalue weighted by Gasteiger charge is 2.12. The molecule has 5 nitrogen and oxygen atoms in total. The predicted molar refractivity (Wildman–Crippen MR) is 29.5 cm³/mol. The van der Waals surface area contributed by atoms with E-state index in [2.05, 4.69) is 0 Å². The lowest BCUT2D eigenvalue weighted by molar-refractivity contribution is -0.149. The van der Waals surface area contributed by atoms with Gasteiger partial charge in [-0.05, 0) is 0 Å². The number of carboxylic acid groups (broad SMARTS) is 2. The number of rotatable bonds is 4. The Labute approximate surface area is 57.7 Å². The van der Waals surface area contributed by atoms with E-state index in [0.717, 1.165) is 0 Å². The molecule has 0 saturated heterocycles. The van der Waals surface area contributed by atoms with Gasteiger partial charge in [-0.15, -0.1) is 0 Å². The molecular formula is C5H6O5. The zero-order chi connectivity index (χ0) is 9.02. The Kier molecular flexibility index (Phi) is 2.42. The van der Waals surface area contributed by atoms with Crippen LogP contribution in [-0.4, -0.2) is 27.9 Å². The summed E-state index contributed by atoms with van der Waals surface area (Å²) in [5.74, 6) is -4.53. The maximum absolute atomic E-state index is 10.3.